The highest BCUT2D eigenvalue weighted by Gasteiger charge is 2.29. The molecular formula is C11H23N3S. The van der Waals surface area contributed by atoms with Gasteiger partial charge in [0.1, 0.15) is 0 Å². The molecule has 0 aromatic carbocycles. The van der Waals surface area contributed by atoms with Gasteiger partial charge in [-0.05, 0) is 39.4 Å². The first kappa shape index (κ1) is 12.7. The number of aliphatic imine (C=N–C) groups is 1. The number of thioether (sulfide) groups is 1. The third-order valence-corrected chi connectivity index (χ3v) is 4.49. The number of guanidine groups is 1. The average molecular weight is 229 g/mol. The molecule has 1 fully saturated rings. The first-order chi connectivity index (χ1) is 7.11. The fourth-order valence-corrected chi connectivity index (χ4v) is 3.08. The fourth-order valence-electron chi connectivity index (χ4n) is 1.86. The maximum Gasteiger partial charge on any atom is 0.191 e. The van der Waals surface area contributed by atoms with E-state index in [0.29, 0.717) is 10.7 Å². The van der Waals surface area contributed by atoms with Crippen molar-refractivity contribution < 1.29 is 0 Å². The first-order valence-corrected chi connectivity index (χ1v) is 6.78. The van der Waals surface area contributed by atoms with Gasteiger partial charge >= 0.3 is 0 Å². The average Bonchev–Trinajstić information content (AvgIpc) is 2.65. The van der Waals surface area contributed by atoms with Gasteiger partial charge < -0.3 is 10.6 Å². The van der Waals surface area contributed by atoms with Gasteiger partial charge in [0.15, 0.2) is 5.96 Å². The van der Waals surface area contributed by atoms with E-state index in [-0.39, 0.29) is 0 Å². The summed E-state index contributed by atoms with van der Waals surface area (Å²) in [5, 5.41) is 0. The largest absolute Gasteiger partial charge is 0.370 e. The molecule has 3 nitrogen and oxygen atoms in total. The van der Waals surface area contributed by atoms with E-state index in [2.05, 4.69) is 30.7 Å². The summed E-state index contributed by atoms with van der Waals surface area (Å²) in [6.45, 7) is 9.25. The zero-order chi connectivity index (χ0) is 11.3. The Morgan fingerprint density at radius 2 is 2.13 bits per heavy atom. The Hall–Kier alpha value is -0.380. The van der Waals surface area contributed by atoms with Gasteiger partial charge in [0.2, 0.25) is 0 Å². The number of nitrogens with zero attached hydrogens (tertiary/aromatic N) is 2. The Bertz CT molecular complexity index is 218. The Morgan fingerprint density at radius 1 is 1.47 bits per heavy atom. The summed E-state index contributed by atoms with van der Waals surface area (Å²) in [4.78, 5) is 6.62. The Morgan fingerprint density at radius 3 is 2.60 bits per heavy atom. The predicted octanol–water partition coefficient (Wildman–Crippen LogP) is 1.93. The number of nitrogens with two attached hydrogens (primary N) is 1. The second-order valence-corrected chi connectivity index (χ2v) is 5.93. The SMILES string of the molecule is CCN(CC)C(N)=NCC1(C)CCCS1. The molecule has 1 rings (SSSR count). The molecule has 0 amide bonds. The normalized spacial score (nSPS) is 27.0. The summed E-state index contributed by atoms with van der Waals surface area (Å²) in [7, 11) is 0. The van der Waals surface area contributed by atoms with Crippen LogP contribution in [0.15, 0.2) is 4.99 Å². The van der Waals surface area contributed by atoms with Crippen molar-refractivity contribution >= 4 is 17.7 Å². The molecule has 0 aromatic rings. The van der Waals surface area contributed by atoms with E-state index in [1.54, 1.807) is 0 Å². The lowest BCUT2D eigenvalue weighted by Gasteiger charge is -2.23. The number of hydrogen-bond donors (Lipinski definition) is 1. The van der Waals surface area contributed by atoms with Crippen LogP contribution in [-0.4, -0.2) is 41.0 Å². The van der Waals surface area contributed by atoms with Gasteiger partial charge in [-0.2, -0.15) is 11.8 Å². The van der Waals surface area contributed by atoms with Gasteiger partial charge in [0.05, 0.1) is 6.54 Å². The van der Waals surface area contributed by atoms with E-state index in [1.165, 1.54) is 18.6 Å². The lowest BCUT2D eigenvalue weighted by Crippen LogP contribution is -2.38. The van der Waals surface area contributed by atoms with Gasteiger partial charge in [-0.15, -0.1) is 0 Å². The van der Waals surface area contributed by atoms with E-state index in [0.717, 1.165) is 19.6 Å². The topological polar surface area (TPSA) is 41.6 Å². The van der Waals surface area contributed by atoms with Crippen molar-refractivity contribution in [2.24, 2.45) is 10.7 Å². The van der Waals surface area contributed by atoms with E-state index in [9.17, 15) is 0 Å². The molecule has 0 saturated carbocycles. The highest BCUT2D eigenvalue weighted by Crippen LogP contribution is 2.37. The molecule has 1 aliphatic rings. The maximum atomic E-state index is 5.94. The van der Waals surface area contributed by atoms with E-state index in [4.69, 9.17) is 5.73 Å². The van der Waals surface area contributed by atoms with Crippen LogP contribution < -0.4 is 5.73 Å². The molecule has 15 heavy (non-hydrogen) atoms. The molecule has 1 atom stereocenters. The summed E-state index contributed by atoms with van der Waals surface area (Å²) in [6.07, 6.45) is 2.59. The number of hydrogen-bond acceptors (Lipinski definition) is 2. The van der Waals surface area contributed by atoms with Crippen LogP contribution in [0.1, 0.15) is 33.6 Å². The van der Waals surface area contributed by atoms with Crippen molar-refractivity contribution in [1.29, 1.82) is 0 Å². The summed E-state index contributed by atoms with van der Waals surface area (Å²) in [5.74, 6) is 1.98. The molecule has 4 heteroatoms. The second-order valence-electron chi connectivity index (χ2n) is 4.25. The van der Waals surface area contributed by atoms with E-state index < -0.39 is 0 Å². The van der Waals surface area contributed by atoms with Gasteiger partial charge in [-0.25, -0.2) is 0 Å². The summed E-state index contributed by atoms with van der Waals surface area (Å²) < 4.78 is 0.331. The monoisotopic (exact) mass is 229 g/mol. The molecule has 2 N–H and O–H groups in total. The first-order valence-electron chi connectivity index (χ1n) is 5.80. The summed E-state index contributed by atoms with van der Waals surface area (Å²) >= 11 is 2.03. The van der Waals surface area contributed by atoms with Gasteiger partial charge in [0, 0.05) is 17.8 Å². The maximum absolute atomic E-state index is 5.94. The molecule has 0 aromatic heterocycles. The van der Waals surface area contributed by atoms with Crippen LogP contribution in [0, 0.1) is 0 Å². The molecule has 0 aliphatic carbocycles. The Kier molecular flexibility index (Phi) is 4.77. The zero-order valence-corrected chi connectivity index (χ0v) is 10.9. The number of rotatable bonds is 4. The molecule has 1 heterocycles. The summed E-state index contributed by atoms with van der Waals surface area (Å²) in [5.41, 5.74) is 5.94. The minimum atomic E-state index is 0.331. The quantitative estimate of drug-likeness (QED) is 0.591. The third-order valence-electron chi connectivity index (χ3n) is 2.96. The Balaban J connectivity index is 2.48. The van der Waals surface area contributed by atoms with Crippen LogP contribution in [0.3, 0.4) is 0 Å². The molecule has 1 saturated heterocycles. The standard InChI is InChI=1S/C11H23N3S/c1-4-14(5-2)10(12)13-9-11(3)7-6-8-15-11/h4-9H2,1-3H3,(H2,12,13). The van der Waals surface area contributed by atoms with Crippen LogP contribution in [0.5, 0.6) is 0 Å². The van der Waals surface area contributed by atoms with E-state index in [1.807, 2.05) is 11.8 Å². The van der Waals surface area contributed by atoms with Crippen LogP contribution in [0.2, 0.25) is 0 Å². The highest BCUT2D eigenvalue weighted by atomic mass is 32.2. The van der Waals surface area contributed by atoms with Crippen LogP contribution in [0.4, 0.5) is 0 Å². The minimum absolute atomic E-state index is 0.331. The van der Waals surface area contributed by atoms with Gasteiger partial charge in [-0.1, -0.05) is 0 Å². The highest BCUT2D eigenvalue weighted by molar-refractivity contribution is 8.00. The molecule has 0 radical (unpaired) electrons. The molecule has 1 aliphatic heterocycles. The van der Waals surface area contributed by atoms with Crippen molar-refractivity contribution in [1.82, 2.24) is 4.90 Å². The van der Waals surface area contributed by atoms with Crippen molar-refractivity contribution in [2.75, 3.05) is 25.4 Å². The van der Waals surface area contributed by atoms with Crippen molar-refractivity contribution in [2.45, 2.75) is 38.4 Å². The minimum Gasteiger partial charge on any atom is -0.370 e. The summed E-state index contributed by atoms with van der Waals surface area (Å²) in [6, 6.07) is 0. The molecular weight excluding hydrogens is 206 g/mol. The predicted molar refractivity (Wildman–Crippen MR) is 69.5 cm³/mol. The van der Waals surface area contributed by atoms with Gasteiger partial charge in [-0.3, -0.25) is 4.99 Å². The lowest BCUT2D eigenvalue weighted by atomic mass is 10.1. The van der Waals surface area contributed by atoms with Crippen LogP contribution in [0.25, 0.3) is 0 Å². The lowest BCUT2D eigenvalue weighted by molar-refractivity contribution is 0.456. The van der Waals surface area contributed by atoms with Crippen molar-refractivity contribution in [3.05, 3.63) is 0 Å². The Labute approximate surface area is 97.5 Å². The molecule has 0 spiro atoms. The smallest absolute Gasteiger partial charge is 0.191 e. The molecule has 1 unspecified atom stereocenters. The van der Waals surface area contributed by atoms with Crippen LogP contribution >= 0.6 is 11.8 Å². The van der Waals surface area contributed by atoms with Crippen molar-refractivity contribution in [3.8, 4) is 0 Å². The molecule has 88 valence electrons. The van der Waals surface area contributed by atoms with Crippen LogP contribution in [-0.2, 0) is 0 Å². The van der Waals surface area contributed by atoms with Gasteiger partial charge in [0.25, 0.3) is 0 Å². The van der Waals surface area contributed by atoms with E-state index >= 15 is 0 Å². The zero-order valence-electron chi connectivity index (χ0n) is 10.1. The molecule has 0 bridgehead atoms. The van der Waals surface area contributed by atoms with Crippen molar-refractivity contribution in [3.63, 3.8) is 0 Å². The second kappa shape index (κ2) is 5.64. The fraction of sp³-hybridized carbons (Fsp3) is 0.909. The third kappa shape index (κ3) is 3.59.